The van der Waals surface area contributed by atoms with Gasteiger partial charge in [0.05, 0.1) is 10.0 Å². The minimum atomic E-state index is -4.92. The van der Waals surface area contributed by atoms with Crippen LogP contribution in [0.5, 0.6) is 0 Å². The summed E-state index contributed by atoms with van der Waals surface area (Å²) in [7, 11) is -4.92. The van der Waals surface area contributed by atoms with E-state index in [2.05, 4.69) is 4.98 Å². The average Bonchev–Trinajstić information content (AvgIpc) is 2.52. The minimum absolute atomic E-state index is 0.0533. The molecule has 0 bridgehead atoms. The van der Waals surface area contributed by atoms with Gasteiger partial charge in [0, 0.05) is 22.8 Å². The van der Waals surface area contributed by atoms with Crippen LogP contribution >= 0.6 is 23.2 Å². The summed E-state index contributed by atoms with van der Waals surface area (Å²) in [5.41, 5.74) is 0.680. The van der Waals surface area contributed by atoms with Crippen molar-refractivity contribution in [3.63, 3.8) is 0 Å². The summed E-state index contributed by atoms with van der Waals surface area (Å²) in [4.78, 5) is 27.9. The summed E-state index contributed by atoms with van der Waals surface area (Å²) < 4.78 is 32.8. The van der Waals surface area contributed by atoms with Gasteiger partial charge < -0.3 is 4.55 Å². The molecule has 0 aliphatic heterocycles. The van der Waals surface area contributed by atoms with E-state index in [-0.39, 0.29) is 43.8 Å². The smallest absolute Gasteiger partial charge is 0.396 e. The van der Waals surface area contributed by atoms with Crippen LogP contribution in [0.4, 0.5) is 5.69 Å². The summed E-state index contributed by atoms with van der Waals surface area (Å²) >= 11 is 11.8. The first-order valence-corrected chi connectivity index (χ1v) is 8.41. The quantitative estimate of drug-likeness (QED) is 0.346. The SMILES string of the molecule is N#[N+]c1cccc2c1C(=O)c1cc(Cl)c(Cl)cc1C2=O.O=S(=O)([O-])O. The van der Waals surface area contributed by atoms with E-state index in [1.165, 1.54) is 24.3 Å². The predicted octanol–water partition coefficient (Wildman–Crippen LogP) is 3.26. The first-order valence-electron chi connectivity index (χ1n) is 6.29. The molecule has 0 amide bonds. The van der Waals surface area contributed by atoms with Crippen LogP contribution in [-0.4, -0.2) is 29.1 Å². The van der Waals surface area contributed by atoms with Gasteiger partial charge in [-0.3, -0.25) is 14.1 Å². The van der Waals surface area contributed by atoms with Crippen LogP contribution in [0.3, 0.4) is 0 Å². The molecule has 25 heavy (non-hydrogen) atoms. The van der Waals surface area contributed by atoms with Gasteiger partial charge in [0.15, 0.2) is 10.8 Å². The zero-order valence-corrected chi connectivity index (χ0v) is 14.3. The third kappa shape index (κ3) is 4.01. The summed E-state index contributed by atoms with van der Waals surface area (Å²) in [6, 6.07) is 7.24. The van der Waals surface area contributed by atoms with E-state index < -0.39 is 16.2 Å². The molecule has 0 saturated carbocycles. The average molecular weight is 401 g/mol. The molecule has 0 atom stereocenters. The van der Waals surface area contributed by atoms with Gasteiger partial charge in [-0.1, -0.05) is 29.3 Å². The molecular weight excluding hydrogens is 395 g/mol. The van der Waals surface area contributed by atoms with E-state index in [9.17, 15) is 9.59 Å². The lowest BCUT2D eigenvalue weighted by molar-refractivity contribution is 0.0980. The largest absolute Gasteiger partial charge is 0.726 e. The Labute approximate surface area is 151 Å². The minimum Gasteiger partial charge on any atom is -0.726 e. The van der Waals surface area contributed by atoms with Crippen molar-refractivity contribution < 1.29 is 27.1 Å². The van der Waals surface area contributed by atoms with Gasteiger partial charge >= 0.3 is 5.69 Å². The summed E-state index contributed by atoms with van der Waals surface area (Å²) in [6.07, 6.45) is 0. The van der Waals surface area contributed by atoms with E-state index in [0.717, 1.165) is 0 Å². The van der Waals surface area contributed by atoms with E-state index >= 15 is 0 Å². The Balaban J connectivity index is 0.000000399. The topological polar surface area (TPSA) is 140 Å². The molecule has 1 N–H and O–H groups in total. The first-order chi connectivity index (χ1) is 11.5. The molecule has 2 aromatic carbocycles. The van der Waals surface area contributed by atoms with E-state index in [1.807, 2.05) is 0 Å². The van der Waals surface area contributed by atoms with Crippen molar-refractivity contribution in [1.82, 2.24) is 0 Å². The van der Waals surface area contributed by atoms with Crippen molar-refractivity contribution in [3.05, 3.63) is 67.6 Å². The number of rotatable bonds is 0. The maximum atomic E-state index is 12.5. The van der Waals surface area contributed by atoms with Crippen molar-refractivity contribution in [3.8, 4) is 0 Å². The molecule has 2 aromatic rings. The lowest BCUT2D eigenvalue weighted by atomic mass is 9.83. The number of benzene rings is 2. The fourth-order valence-electron chi connectivity index (χ4n) is 2.25. The standard InChI is InChI=1S/C14H5Cl2N2O2.H2O4S/c15-9-4-7-8(5-10(9)16)14(20)12-6(13(7)19)2-1-3-11(12)18-17;1-5(2,3)4/h1-5H;(H2,1,2,3,4)/q+1;/p-1. The second-order valence-corrected chi connectivity index (χ2v) is 6.37. The van der Waals surface area contributed by atoms with Gasteiger partial charge in [0.25, 0.3) is 0 Å². The fraction of sp³-hybridized carbons (Fsp3) is 0. The molecule has 0 heterocycles. The molecule has 11 heteroatoms. The number of carbonyl (C=O) groups is 2. The van der Waals surface area contributed by atoms with Crippen molar-refractivity contribution in [2.75, 3.05) is 0 Å². The Morgan fingerprint density at radius 3 is 1.96 bits per heavy atom. The van der Waals surface area contributed by atoms with E-state index in [0.29, 0.717) is 0 Å². The first kappa shape index (κ1) is 19.0. The molecule has 128 valence electrons. The normalized spacial score (nSPS) is 12.4. The van der Waals surface area contributed by atoms with Crippen molar-refractivity contribution in [2.45, 2.75) is 0 Å². The Morgan fingerprint density at radius 1 is 1.00 bits per heavy atom. The molecule has 1 aliphatic carbocycles. The van der Waals surface area contributed by atoms with Gasteiger partial charge in [-0.25, -0.2) is 8.42 Å². The zero-order chi connectivity index (χ0) is 18.9. The molecule has 0 spiro atoms. The van der Waals surface area contributed by atoms with Crippen LogP contribution in [0.2, 0.25) is 10.0 Å². The lowest BCUT2D eigenvalue weighted by Crippen LogP contribution is -2.21. The zero-order valence-electron chi connectivity index (χ0n) is 11.9. The van der Waals surface area contributed by atoms with Crippen LogP contribution < -0.4 is 0 Å². The lowest BCUT2D eigenvalue weighted by Gasteiger charge is -2.16. The van der Waals surface area contributed by atoms with Gasteiger partial charge in [-0.15, -0.1) is 0 Å². The highest BCUT2D eigenvalue weighted by atomic mass is 35.5. The maximum Gasteiger partial charge on any atom is 0.396 e. The molecule has 0 radical (unpaired) electrons. The number of ketones is 2. The number of carbonyl (C=O) groups excluding carboxylic acids is 2. The number of halogens is 2. The summed E-state index contributed by atoms with van der Waals surface area (Å²) in [5, 5.41) is 9.35. The molecule has 0 fully saturated rings. The molecule has 0 saturated heterocycles. The van der Waals surface area contributed by atoms with Crippen molar-refractivity contribution >= 4 is 50.9 Å². The molecule has 0 unspecified atom stereocenters. The monoisotopic (exact) mass is 400 g/mol. The van der Waals surface area contributed by atoms with Gasteiger partial charge in [-0.05, 0) is 18.2 Å². The Hall–Kier alpha value is -2.35. The second kappa shape index (κ2) is 6.87. The maximum absolute atomic E-state index is 12.5. The van der Waals surface area contributed by atoms with Gasteiger partial charge in [-0.2, -0.15) is 0 Å². The molecule has 3 rings (SSSR count). The number of hydrogen-bond acceptors (Lipinski definition) is 6. The second-order valence-electron chi connectivity index (χ2n) is 4.70. The highest BCUT2D eigenvalue weighted by Gasteiger charge is 2.36. The third-order valence-corrected chi connectivity index (χ3v) is 3.89. The van der Waals surface area contributed by atoms with Crippen LogP contribution in [0.15, 0.2) is 30.3 Å². The molecular formula is C14H6Cl2N2O6S. The fourth-order valence-corrected chi connectivity index (χ4v) is 2.58. The van der Waals surface area contributed by atoms with Crippen LogP contribution in [0.1, 0.15) is 31.8 Å². The number of nitrogens with zero attached hydrogens (tertiary/aromatic N) is 2. The Kier molecular flexibility index (Phi) is 5.22. The highest BCUT2D eigenvalue weighted by molar-refractivity contribution is 7.79. The van der Waals surface area contributed by atoms with Gasteiger partial charge in [0.1, 0.15) is 5.56 Å². The predicted molar refractivity (Wildman–Crippen MR) is 86.8 cm³/mol. The third-order valence-electron chi connectivity index (χ3n) is 3.17. The molecule has 8 nitrogen and oxygen atoms in total. The molecule has 0 aromatic heterocycles. The van der Waals surface area contributed by atoms with Crippen LogP contribution in [0.25, 0.3) is 4.98 Å². The Bertz CT molecular complexity index is 1050. The summed E-state index contributed by atoms with van der Waals surface area (Å²) in [6.45, 7) is 0. The summed E-state index contributed by atoms with van der Waals surface area (Å²) in [5.74, 6) is -0.764. The van der Waals surface area contributed by atoms with Crippen LogP contribution in [-0.2, 0) is 10.4 Å². The molecule has 1 aliphatic rings. The van der Waals surface area contributed by atoms with Gasteiger partial charge in [0.2, 0.25) is 21.6 Å². The van der Waals surface area contributed by atoms with Crippen molar-refractivity contribution in [1.29, 1.82) is 5.39 Å². The Morgan fingerprint density at radius 2 is 1.48 bits per heavy atom. The number of hydrogen-bond donors (Lipinski definition) is 1. The van der Waals surface area contributed by atoms with E-state index in [1.54, 1.807) is 6.07 Å². The number of fused-ring (bicyclic) bond motifs is 2. The highest BCUT2D eigenvalue weighted by Crippen LogP contribution is 2.36. The number of diazo groups is 1. The van der Waals surface area contributed by atoms with Crippen LogP contribution in [0, 0.1) is 5.39 Å². The van der Waals surface area contributed by atoms with Crippen molar-refractivity contribution in [2.24, 2.45) is 0 Å². The van der Waals surface area contributed by atoms with E-state index in [4.69, 9.17) is 46.1 Å².